The van der Waals surface area contributed by atoms with Crippen LogP contribution in [0.4, 0.5) is 0 Å². The number of likely N-dealkylation sites (tertiary alicyclic amines) is 1. The number of hydrogen-bond acceptors (Lipinski definition) is 5. The summed E-state index contributed by atoms with van der Waals surface area (Å²) >= 11 is 1.20. The Morgan fingerprint density at radius 3 is 3.11 bits per heavy atom. The van der Waals surface area contributed by atoms with Crippen LogP contribution in [0.5, 0.6) is 0 Å². The fraction of sp³-hybridized carbons (Fsp3) is 0.750. The first kappa shape index (κ1) is 13.4. The van der Waals surface area contributed by atoms with E-state index in [9.17, 15) is 4.79 Å². The number of carbonyl (C=O) groups excluding carboxylic acids is 1. The van der Waals surface area contributed by atoms with Crippen LogP contribution in [0.15, 0.2) is 0 Å². The topological polar surface area (TPSA) is 72.1 Å². The van der Waals surface area contributed by atoms with Gasteiger partial charge in [0.15, 0.2) is 0 Å². The molecule has 1 aromatic rings. The van der Waals surface area contributed by atoms with Crippen LogP contribution >= 0.6 is 11.5 Å². The Labute approximate surface area is 112 Å². The molecule has 2 atom stereocenters. The summed E-state index contributed by atoms with van der Waals surface area (Å²) in [6.07, 6.45) is 2.90. The smallest absolute Gasteiger partial charge is 0.267 e. The van der Waals surface area contributed by atoms with Gasteiger partial charge in [-0.15, -0.1) is 5.10 Å². The molecule has 1 fully saturated rings. The Hall–Kier alpha value is -1.01. The summed E-state index contributed by atoms with van der Waals surface area (Å²) in [5, 5.41) is 4.00. The van der Waals surface area contributed by atoms with Crippen LogP contribution in [0.25, 0.3) is 0 Å². The number of hydrogen-bond donors (Lipinski definition) is 1. The number of carbonyl (C=O) groups is 1. The van der Waals surface area contributed by atoms with Crippen molar-refractivity contribution in [1.82, 2.24) is 14.5 Å². The van der Waals surface area contributed by atoms with E-state index in [1.807, 2.05) is 18.7 Å². The van der Waals surface area contributed by atoms with Gasteiger partial charge in [0, 0.05) is 19.1 Å². The average Bonchev–Trinajstić information content (AvgIpc) is 2.86. The second-order valence-corrected chi connectivity index (χ2v) is 5.67. The van der Waals surface area contributed by atoms with E-state index in [1.54, 1.807) is 0 Å². The molecule has 0 radical (unpaired) electrons. The molecule has 0 spiro atoms. The molecule has 2 N–H and O–H groups in total. The van der Waals surface area contributed by atoms with Gasteiger partial charge in [-0.2, -0.15) is 0 Å². The Kier molecular flexibility index (Phi) is 4.29. The zero-order chi connectivity index (χ0) is 13.1. The first-order valence-corrected chi connectivity index (χ1v) is 7.27. The summed E-state index contributed by atoms with van der Waals surface area (Å²) in [7, 11) is 0. The minimum absolute atomic E-state index is 0.0761. The molecule has 6 heteroatoms. The molecule has 5 nitrogen and oxygen atoms in total. The minimum Gasteiger partial charge on any atom is -0.338 e. The lowest BCUT2D eigenvalue weighted by molar-refractivity contribution is 0.0664. The average molecular weight is 268 g/mol. The largest absolute Gasteiger partial charge is 0.338 e. The molecule has 0 bridgehead atoms. The summed E-state index contributed by atoms with van der Waals surface area (Å²) in [6, 6.07) is 0.144. The maximum atomic E-state index is 12.4. The molecule has 1 aliphatic heterocycles. The quantitative estimate of drug-likeness (QED) is 0.897. The highest BCUT2D eigenvalue weighted by Gasteiger charge is 2.28. The number of nitrogens with two attached hydrogens (primary N) is 1. The van der Waals surface area contributed by atoms with Gasteiger partial charge in [0.25, 0.3) is 5.91 Å². The third-order valence-corrected chi connectivity index (χ3v) is 4.33. The number of amides is 1. The standard InChI is InChI=1S/C12H20N4OS/c1-3-10-11(18-15-14-10)12(17)16-6-4-5-9(7-16)8(2)13/h8-9H,3-7,13H2,1-2H3. The van der Waals surface area contributed by atoms with Gasteiger partial charge < -0.3 is 10.6 Å². The van der Waals surface area contributed by atoms with Crippen molar-refractivity contribution >= 4 is 17.4 Å². The Morgan fingerprint density at radius 2 is 2.44 bits per heavy atom. The van der Waals surface area contributed by atoms with Crippen molar-refractivity contribution in [2.75, 3.05) is 13.1 Å². The number of aromatic nitrogens is 2. The van der Waals surface area contributed by atoms with Crippen molar-refractivity contribution in [2.45, 2.75) is 39.2 Å². The maximum absolute atomic E-state index is 12.4. The van der Waals surface area contributed by atoms with Gasteiger partial charge in [0.05, 0.1) is 5.69 Å². The fourth-order valence-corrected chi connectivity index (χ4v) is 3.09. The van der Waals surface area contributed by atoms with E-state index < -0.39 is 0 Å². The highest BCUT2D eigenvalue weighted by molar-refractivity contribution is 7.08. The van der Waals surface area contributed by atoms with Crippen molar-refractivity contribution in [2.24, 2.45) is 11.7 Å². The monoisotopic (exact) mass is 268 g/mol. The SMILES string of the molecule is CCc1nnsc1C(=O)N1CCCC(C(C)N)C1. The highest BCUT2D eigenvalue weighted by Crippen LogP contribution is 2.22. The fourth-order valence-electron chi connectivity index (χ4n) is 2.37. The summed E-state index contributed by atoms with van der Waals surface area (Å²) in [6.45, 7) is 5.60. The molecular weight excluding hydrogens is 248 g/mol. The number of aryl methyl sites for hydroxylation is 1. The molecule has 2 heterocycles. The van der Waals surface area contributed by atoms with Crippen LogP contribution in [0.1, 0.15) is 42.1 Å². The van der Waals surface area contributed by atoms with Gasteiger partial charge in [0.1, 0.15) is 4.88 Å². The van der Waals surface area contributed by atoms with E-state index in [-0.39, 0.29) is 11.9 Å². The van der Waals surface area contributed by atoms with Crippen molar-refractivity contribution in [1.29, 1.82) is 0 Å². The Morgan fingerprint density at radius 1 is 1.67 bits per heavy atom. The van der Waals surface area contributed by atoms with Gasteiger partial charge in [-0.3, -0.25) is 4.79 Å². The molecular formula is C12H20N4OS. The summed E-state index contributed by atoms with van der Waals surface area (Å²) in [4.78, 5) is 15.0. The molecule has 1 amide bonds. The molecule has 2 rings (SSSR count). The maximum Gasteiger partial charge on any atom is 0.267 e. The van der Waals surface area contributed by atoms with E-state index in [4.69, 9.17) is 5.73 Å². The van der Waals surface area contributed by atoms with Gasteiger partial charge >= 0.3 is 0 Å². The molecule has 0 saturated carbocycles. The van der Waals surface area contributed by atoms with Gasteiger partial charge in [-0.25, -0.2) is 0 Å². The molecule has 100 valence electrons. The minimum atomic E-state index is 0.0761. The lowest BCUT2D eigenvalue weighted by Crippen LogP contribution is -2.45. The van der Waals surface area contributed by atoms with Gasteiger partial charge in [-0.05, 0) is 43.6 Å². The summed E-state index contributed by atoms with van der Waals surface area (Å²) in [5.41, 5.74) is 6.76. The zero-order valence-electron chi connectivity index (χ0n) is 10.9. The first-order valence-electron chi connectivity index (χ1n) is 6.49. The zero-order valence-corrected chi connectivity index (χ0v) is 11.7. The highest BCUT2D eigenvalue weighted by atomic mass is 32.1. The van der Waals surface area contributed by atoms with E-state index in [0.717, 1.165) is 38.0 Å². The predicted octanol–water partition coefficient (Wildman–Crippen LogP) is 1.30. The molecule has 1 aliphatic rings. The van der Waals surface area contributed by atoms with Crippen LogP contribution in [0, 0.1) is 5.92 Å². The molecule has 2 unspecified atom stereocenters. The van der Waals surface area contributed by atoms with E-state index in [2.05, 4.69) is 9.59 Å². The lowest BCUT2D eigenvalue weighted by Gasteiger charge is -2.34. The second-order valence-electron chi connectivity index (χ2n) is 4.91. The lowest BCUT2D eigenvalue weighted by atomic mass is 9.92. The predicted molar refractivity (Wildman–Crippen MR) is 71.6 cm³/mol. The van der Waals surface area contributed by atoms with Crippen LogP contribution < -0.4 is 5.73 Å². The Balaban J connectivity index is 2.09. The van der Waals surface area contributed by atoms with Crippen molar-refractivity contribution < 1.29 is 4.79 Å². The second kappa shape index (κ2) is 5.75. The molecule has 1 aromatic heterocycles. The van der Waals surface area contributed by atoms with Crippen molar-refractivity contribution in [3.8, 4) is 0 Å². The van der Waals surface area contributed by atoms with E-state index >= 15 is 0 Å². The number of piperidine rings is 1. The van der Waals surface area contributed by atoms with Crippen LogP contribution in [0.2, 0.25) is 0 Å². The molecule has 0 aliphatic carbocycles. The Bertz CT molecular complexity index is 418. The number of nitrogens with zero attached hydrogens (tertiary/aromatic N) is 3. The van der Waals surface area contributed by atoms with Crippen molar-refractivity contribution in [3.63, 3.8) is 0 Å². The van der Waals surface area contributed by atoms with Crippen molar-refractivity contribution in [3.05, 3.63) is 10.6 Å². The normalized spacial score (nSPS) is 21.9. The summed E-state index contributed by atoms with van der Waals surface area (Å²) in [5.74, 6) is 0.487. The summed E-state index contributed by atoms with van der Waals surface area (Å²) < 4.78 is 3.88. The van der Waals surface area contributed by atoms with E-state index in [0.29, 0.717) is 10.8 Å². The molecule has 1 saturated heterocycles. The molecule has 0 aromatic carbocycles. The van der Waals surface area contributed by atoms with Gasteiger partial charge in [0.2, 0.25) is 0 Å². The third kappa shape index (κ3) is 2.70. The van der Waals surface area contributed by atoms with E-state index in [1.165, 1.54) is 11.5 Å². The first-order chi connectivity index (χ1) is 8.63. The van der Waals surface area contributed by atoms with Gasteiger partial charge in [-0.1, -0.05) is 11.4 Å². The molecule has 18 heavy (non-hydrogen) atoms. The van der Waals surface area contributed by atoms with Crippen LogP contribution in [-0.2, 0) is 6.42 Å². The third-order valence-electron chi connectivity index (χ3n) is 3.57. The van der Waals surface area contributed by atoms with Crippen LogP contribution in [-0.4, -0.2) is 39.5 Å². The number of rotatable bonds is 3. The van der Waals surface area contributed by atoms with Crippen LogP contribution in [0.3, 0.4) is 0 Å².